The van der Waals surface area contributed by atoms with Gasteiger partial charge in [0, 0.05) is 0 Å². The van der Waals surface area contributed by atoms with Gasteiger partial charge in [-0.25, -0.2) is 0 Å². The molecule has 0 amide bonds. The molecule has 0 aliphatic heterocycles. The molecule has 0 bridgehead atoms. The Labute approximate surface area is 60.2 Å². The van der Waals surface area contributed by atoms with E-state index in [4.69, 9.17) is 5.11 Å². The Morgan fingerprint density at radius 2 is 1.90 bits per heavy atom. The van der Waals surface area contributed by atoms with E-state index < -0.39 is 5.97 Å². The summed E-state index contributed by atoms with van der Waals surface area (Å²) in [6, 6.07) is 0. The van der Waals surface area contributed by atoms with Crippen LogP contribution in [0.15, 0.2) is 0 Å². The zero-order chi connectivity index (χ0) is 7.14. The van der Waals surface area contributed by atoms with E-state index >= 15 is 0 Å². The number of rotatable bonds is 2. The van der Waals surface area contributed by atoms with Crippen LogP contribution in [0.1, 0.15) is 25.7 Å². The smallest absolute Gasteiger partial charge is 0.306 e. The molecule has 10 heavy (non-hydrogen) atoms. The second-order valence-electron chi connectivity index (χ2n) is 3.52. The maximum Gasteiger partial charge on any atom is 0.306 e. The molecule has 0 saturated heterocycles. The maximum absolute atomic E-state index is 10.5. The fourth-order valence-electron chi connectivity index (χ4n) is 1.92. The van der Waals surface area contributed by atoms with E-state index in [-0.39, 0.29) is 5.92 Å². The van der Waals surface area contributed by atoms with Crippen LogP contribution in [0.5, 0.6) is 0 Å². The molecule has 2 saturated carbocycles. The zero-order valence-corrected chi connectivity index (χ0v) is 5.92. The molecule has 56 valence electrons. The van der Waals surface area contributed by atoms with Crippen molar-refractivity contribution >= 4 is 5.97 Å². The molecule has 2 fully saturated rings. The Kier molecular flexibility index (Phi) is 1.22. The molecule has 2 nitrogen and oxygen atoms in total. The largest absolute Gasteiger partial charge is 0.481 e. The summed E-state index contributed by atoms with van der Waals surface area (Å²) in [4.78, 5) is 10.5. The van der Waals surface area contributed by atoms with Crippen molar-refractivity contribution in [1.82, 2.24) is 0 Å². The van der Waals surface area contributed by atoms with Crippen LogP contribution >= 0.6 is 0 Å². The average molecular weight is 140 g/mol. The van der Waals surface area contributed by atoms with Crippen molar-refractivity contribution in [1.29, 1.82) is 0 Å². The average Bonchev–Trinajstić information content (AvgIpc) is 2.43. The number of aliphatic carboxylic acids is 1. The molecule has 0 spiro atoms. The first-order chi connectivity index (χ1) is 4.79. The van der Waals surface area contributed by atoms with Gasteiger partial charge in [0.15, 0.2) is 0 Å². The molecule has 2 heteroatoms. The third kappa shape index (κ3) is 0.825. The van der Waals surface area contributed by atoms with E-state index in [9.17, 15) is 4.79 Å². The SMILES string of the molecule is O=C(O)C1CCC1C1CC1. The Bertz CT molecular complexity index is 161. The second kappa shape index (κ2) is 1.97. The van der Waals surface area contributed by atoms with Gasteiger partial charge < -0.3 is 5.11 Å². The summed E-state index contributed by atoms with van der Waals surface area (Å²) >= 11 is 0. The van der Waals surface area contributed by atoms with Gasteiger partial charge in [-0.1, -0.05) is 0 Å². The topological polar surface area (TPSA) is 37.3 Å². The molecule has 2 aliphatic rings. The highest BCUT2D eigenvalue weighted by Gasteiger charge is 2.45. The summed E-state index contributed by atoms with van der Waals surface area (Å²) in [5.74, 6) is 0.794. The van der Waals surface area contributed by atoms with Gasteiger partial charge >= 0.3 is 5.97 Å². The first kappa shape index (κ1) is 6.20. The van der Waals surface area contributed by atoms with Gasteiger partial charge in [0.2, 0.25) is 0 Å². The van der Waals surface area contributed by atoms with E-state index in [0.29, 0.717) is 5.92 Å². The molecule has 0 aromatic rings. The van der Waals surface area contributed by atoms with Crippen LogP contribution in [0, 0.1) is 17.8 Å². The summed E-state index contributed by atoms with van der Waals surface area (Å²) in [5, 5.41) is 8.68. The lowest BCUT2D eigenvalue weighted by molar-refractivity contribution is -0.148. The third-order valence-corrected chi connectivity index (χ3v) is 2.87. The molecule has 0 aromatic carbocycles. The Morgan fingerprint density at radius 3 is 2.20 bits per heavy atom. The van der Waals surface area contributed by atoms with E-state index in [1.54, 1.807) is 0 Å². The molecule has 0 aromatic heterocycles. The fourth-order valence-corrected chi connectivity index (χ4v) is 1.92. The van der Waals surface area contributed by atoms with Gasteiger partial charge in [-0.05, 0) is 37.5 Å². The van der Waals surface area contributed by atoms with Gasteiger partial charge in [0.1, 0.15) is 0 Å². The van der Waals surface area contributed by atoms with Crippen LogP contribution in [-0.4, -0.2) is 11.1 Å². The van der Waals surface area contributed by atoms with Crippen molar-refractivity contribution in [2.45, 2.75) is 25.7 Å². The van der Waals surface area contributed by atoms with Gasteiger partial charge in [0.05, 0.1) is 5.92 Å². The van der Waals surface area contributed by atoms with Gasteiger partial charge in [-0.3, -0.25) is 4.79 Å². The zero-order valence-electron chi connectivity index (χ0n) is 5.92. The number of carboxylic acid groups (broad SMARTS) is 1. The maximum atomic E-state index is 10.5. The number of carboxylic acids is 1. The van der Waals surface area contributed by atoms with Crippen molar-refractivity contribution in [3.8, 4) is 0 Å². The van der Waals surface area contributed by atoms with Gasteiger partial charge in [0.25, 0.3) is 0 Å². The van der Waals surface area contributed by atoms with Crippen molar-refractivity contribution in [2.75, 3.05) is 0 Å². The van der Waals surface area contributed by atoms with Gasteiger partial charge in [-0.15, -0.1) is 0 Å². The number of hydrogen-bond acceptors (Lipinski definition) is 1. The predicted molar refractivity (Wildman–Crippen MR) is 36.6 cm³/mol. The first-order valence-electron chi connectivity index (χ1n) is 4.02. The van der Waals surface area contributed by atoms with E-state index in [1.807, 2.05) is 0 Å². The fraction of sp³-hybridized carbons (Fsp3) is 0.875. The van der Waals surface area contributed by atoms with Crippen molar-refractivity contribution in [3.05, 3.63) is 0 Å². The van der Waals surface area contributed by atoms with Crippen LogP contribution in [0.2, 0.25) is 0 Å². The predicted octanol–water partition coefficient (Wildman–Crippen LogP) is 1.51. The van der Waals surface area contributed by atoms with E-state index in [0.717, 1.165) is 12.3 Å². The third-order valence-electron chi connectivity index (χ3n) is 2.87. The lowest BCUT2D eigenvalue weighted by Crippen LogP contribution is -2.33. The number of hydrogen-bond donors (Lipinski definition) is 1. The highest BCUT2D eigenvalue weighted by atomic mass is 16.4. The van der Waals surface area contributed by atoms with Crippen molar-refractivity contribution in [3.63, 3.8) is 0 Å². The lowest BCUT2D eigenvalue weighted by Gasteiger charge is -2.33. The molecule has 2 atom stereocenters. The minimum atomic E-state index is -0.567. The van der Waals surface area contributed by atoms with E-state index in [1.165, 1.54) is 19.3 Å². The minimum absolute atomic E-state index is 0.0208. The molecule has 0 heterocycles. The Hall–Kier alpha value is -0.530. The normalized spacial score (nSPS) is 38.8. The summed E-state index contributed by atoms with van der Waals surface area (Å²) in [6.45, 7) is 0. The molecular weight excluding hydrogens is 128 g/mol. The highest BCUT2D eigenvalue weighted by Crippen LogP contribution is 2.50. The quantitative estimate of drug-likeness (QED) is 0.631. The summed E-state index contributed by atoms with van der Waals surface area (Å²) in [5.41, 5.74) is 0. The summed E-state index contributed by atoms with van der Waals surface area (Å²) < 4.78 is 0. The highest BCUT2D eigenvalue weighted by molar-refractivity contribution is 5.71. The van der Waals surface area contributed by atoms with Crippen LogP contribution in [-0.2, 0) is 4.79 Å². The van der Waals surface area contributed by atoms with Crippen LogP contribution in [0.3, 0.4) is 0 Å². The Balaban J connectivity index is 1.92. The van der Waals surface area contributed by atoms with Crippen LogP contribution < -0.4 is 0 Å². The lowest BCUT2D eigenvalue weighted by atomic mass is 9.71. The standard InChI is InChI=1S/C8H12O2/c9-8(10)7-4-3-6(7)5-1-2-5/h5-7H,1-4H2,(H,9,10). The summed E-state index contributed by atoms with van der Waals surface area (Å²) in [7, 11) is 0. The van der Waals surface area contributed by atoms with Gasteiger partial charge in [-0.2, -0.15) is 0 Å². The first-order valence-corrected chi connectivity index (χ1v) is 4.02. The monoisotopic (exact) mass is 140 g/mol. The Morgan fingerprint density at radius 1 is 1.20 bits per heavy atom. The molecule has 2 aliphatic carbocycles. The van der Waals surface area contributed by atoms with Crippen LogP contribution in [0.4, 0.5) is 0 Å². The second-order valence-corrected chi connectivity index (χ2v) is 3.52. The summed E-state index contributed by atoms with van der Waals surface area (Å²) in [6.07, 6.45) is 4.67. The van der Waals surface area contributed by atoms with Crippen LogP contribution in [0.25, 0.3) is 0 Å². The van der Waals surface area contributed by atoms with Crippen molar-refractivity contribution < 1.29 is 9.90 Å². The van der Waals surface area contributed by atoms with E-state index in [2.05, 4.69) is 0 Å². The molecule has 2 rings (SSSR count). The molecule has 0 radical (unpaired) electrons. The molecule has 2 unspecified atom stereocenters. The van der Waals surface area contributed by atoms with Crippen molar-refractivity contribution in [2.24, 2.45) is 17.8 Å². The molecular formula is C8H12O2. The molecule has 1 N–H and O–H groups in total. The minimum Gasteiger partial charge on any atom is -0.481 e. The number of carbonyl (C=O) groups is 1.